The van der Waals surface area contributed by atoms with E-state index in [2.05, 4.69) is 6.07 Å². The number of unbranched alkanes of at least 4 members (excludes halogenated alkanes) is 4. The van der Waals surface area contributed by atoms with Crippen molar-refractivity contribution < 1.29 is 9.90 Å². The second-order valence-electron chi connectivity index (χ2n) is 7.17. The first kappa shape index (κ1) is 20.7. The number of benzene rings is 1. The zero-order valence-electron chi connectivity index (χ0n) is 15.4. The number of hydrogen-bond donors (Lipinski definition) is 1. The van der Waals surface area contributed by atoms with E-state index < -0.39 is 6.10 Å². The van der Waals surface area contributed by atoms with Crippen molar-refractivity contribution in [2.24, 2.45) is 0 Å². The molecule has 2 rings (SSSR count). The maximum atomic E-state index is 12.1. The van der Waals surface area contributed by atoms with E-state index in [1.54, 1.807) is 0 Å². The van der Waals surface area contributed by atoms with Crippen molar-refractivity contribution in [1.82, 2.24) is 4.90 Å². The summed E-state index contributed by atoms with van der Waals surface area (Å²) in [6.45, 7) is 0.806. The van der Waals surface area contributed by atoms with Crippen LogP contribution in [-0.2, 0) is 11.2 Å². The Bertz CT molecular complexity index is 614. The third-order valence-corrected chi connectivity index (χ3v) is 5.32. The number of amides is 1. The third kappa shape index (κ3) is 6.97. The number of carbonyl (C=O) groups excluding carboxylic acids is 1. The van der Waals surface area contributed by atoms with E-state index in [4.69, 9.17) is 16.9 Å². The Morgan fingerprint density at radius 3 is 2.88 bits per heavy atom. The van der Waals surface area contributed by atoms with Crippen LogP contribution in [0.2, 0.25) is 5.02 Å². The van der Waals surface area contributed by atoms with Gasteiger partial charge in [0.1, 0.15) is 0 Å². The standard InChI is InChI=1S/C21H29ClN2O2/c22-18-8-6-7-17(15-18)16-20(25)11-9-19-10-12-21(26)24(19)14-5-3-1-2-4-13-23/h6-8,15,19-20,25H,1-5,9-12,14,16H2/t19-,20?/m0/s1. The highest BCUT2D eigenvalue weighted by Crippen LogP contribution is 2.24. The van der Waals surface area contributed by atoms with Gasteiger partial charge in [0.15, 0.2) is 0 Å². The lowest BCUT2D eigenvalue weighted by molar-refractivity contribution is -0.129. The predicted molar refractivity (Wildman–Crippen MR) is 104 cm³/mol. The Hall–Kier alpha value is -1.57. The minimum atomic E-state index is -0.406. The van der Waals surface area contributed by atoms with Gasteiger partial charge in [0.2, 0.25) is 5.91 Å². The maximum absolute atomic E-state index is 12.1. The molecule has 1 aromatic carbocycles. The van der Waals surface area contributed by atoms with Gasteiger partial charge in [-0.3, -0.25) is 4.79 Å². The third-order valence-electron chi connectivity index (χ3n) is 5.08. The fraction of sp³-hybridized carbons (Fsp3) is 0.619. The van der Waals surface area contributed by atoms with Crippen LogP contribution in [0.4, 0.5) is 0 Å². The molecule has 0 radical (unpaired) electrons. The van der Waals surface area contributed by atoms with Crippen molar-refractivity contribution in [2.75, 3.05) is 6.54 Å². The minimum absolute atomic E-state index is 0.247. The zero-order valence-corrected chi connectivity index (χ0v) is 16.1. The fourth-order valence-electron chi connectivity index (χ4n) is 3.66. The molecule has 1 unspecified atom stereocenters. The molecule has 26 heavy (non-hydrogen) atoms. The van der Waals surface area contributed by atoms with Gasteiger partial charge in [-0.2, -0.15) is 5.26 Å². The summed E-state index contributed by atoms with van der Waals surface area (Å²) in [4.78, 5) is 14.1. The van der Waals surface area contributed by atoms with E-state index in [-0.39, 0.29) is 11.9 Å². The molecule has 142 valence electrons. The number of halogens is 1. The van der Waals surface area contributed by atoms with E-state index in [1.807, 2.05) is 29.2 Å². The highest BCUT2D eigenvalue weighted by atomic mass is 35.5. The Balaban J connectivity index is 1.71. The lowest BCUT2D eigenvalue weighted by Gasteiger charge is -2.25. The molecular formula is C21H29ClN2O2. The number of nitrogens with zero attached hydrogens (tertiary/aromatic N) is 2. The average molecular weight is 377 g/mol. The van der Waals surface area contributed by atoms with Crippen LogP contribution in [0.1, 0.15) is 63.4 Å². The van der Waals surface area contributed by atoms with Crippen LogP contribution in [0.5, 0.6) is 0 Å². The highest BCUT2D eigenvalue weighted by Gasteiger charge is 2.30. The summed E-state index contributed by atoms with van der Waals surface area (Å²) in [5.74, 6) is 0.247. The molecule has 0 aromatic heterocycles. The summed E-state index contributed by atoms with van der Waals surface area (Å²) >= 11 is 5.99. The van der Waals surface area contributed by atoms with Gasteiger partial charge < -0.3 is 10.0 Å². The lowest BCUT2D eigenvalue weighted by Crippen LogP contribution is -2.34. The van der Waals surface area contributed by atoms with Gasteiger partial charge in [0.25, 0.3) is 0 Å². The molecule has 0 aliphatic carbocycles. The molecule has 1 fully saturated rings. The van der Waals surface area contributed by atoms with Crippen molar-refractivity contribution in [3.05, 3.63) is 34.9 Å². The summed E-state index contributed by atoms with van der Waals surface area (Å²) in [6, 6.07) is 10.0. The van der Waals surface area contributed by atoms with Gasteiger partial charge in [0.05, 0.1) is 12.2 Å². The molecule has 1 saturated heterocycles. The smallest absolute Gasteiger partial charge is 0.222 e. The fourth-order valence-corrected chi connectivity index (χ4v) is 3.88. The van der Waals surface area contributed by atoms with Gasteiger partial charge in [0, 0.05) is 30.5 Å². The van der Waals surface area contributed by atoms with Crippen LogP contribution in [0, 0.1) is 11.3 Å². The molecule has 1 heterocycles. The van der Waals surface area contributed by atoms with E-state index >= 15 is 0 Å². The molecule has 2 atom stereocenters. The van der Waals surface area contributed by atoms with Crippen LogP contribution in [0.3, 0.4) is 0 Å². The Morgan fingerprint density at radius 2 is 2.12 bits per heavy atom. The van der Waals surface area contributed by atoms with Crippen molar-refractivity contribution in [2.45, 2.75) is 76.4 Å². The minimum Gasteiger partial charge on any atom is -0.393 e. The summed E-state index contributed by atoms with van der Waals surface area (Å²) in [5.41, 5.74) is 1.04. The number of rotatable bonds is 11. The highest BCUT2D eigenvalue weighted by molar-refractivity contribution is 6.30. The van der Waals surface area contributed by atoms with Gasteiger partial charge in [-0.15, -0.1) is 0 Å². The number of aliphatic hydroxyl groups is 1. The van der Waals surface area contributed by atoms with Crippen molar-refractivity contribution in [3.8, 4) is 6.07 Å². The zero-order chi connectivity index (χ0) is 18.8. The van der Waals surface area contributed by atoms with Crippen LogP contribution < -0.4 is 0 Å². The van der Waals surface area contributed by atoms with Crippen LogP contribution >= 0.6 is 11.6 Å². The molecule has 1 N–H and O–H groups in total. The normalized spacial score (nSPS) is 18.1. The van der Waals surface area contributed by atoms with Gasteiger partial charge in [-0.25, -0.2) is 0 Å². The second kappa shape index (κ2) is 11.2. The first-order valence-corrected chi connectivity index (χ1v) is 10.1. The van der Waals surface area contributed by atoms with Crippen LogP contribution in [-0.4, -0.2) is 34.6 Å². The molecular weight excluding hydrogens is 348 g/mol. The van der Waals surface area contributed by atoms with Gasteiger partial charge in [-0.1, -0.05) is 36.6 Å². The molecule has 1 amide bonds. The summed E-state index contributed by atoms with van der Waals surface area (Å²) < 4.78 is 0. The molecule has 1 aliphatic rings. The number of nitriles is 1. The monoisotopic (exact) mass is 376 g/mol. The Kier molecular flexibility index (Phi) is 8.94. The van der Waals surface area contributed by atoms with Crippen LogP contribution in [0.15, 0.2) is 24.3 Å². The van der Waals surface area contributed by atoms with Gasteiger partial charge >= 0.3 is 0 Å². The lowest BCUT2D eigenvalue weighted by atomic mass is 10.0. The SMILES string of the molecule is N#CCCCCCCN1C(=O)CC[C@@H]1CCC(O)Cc1cccc(Cl)c1. The molecule has 4 nitrogen and oxygen atoms in total. The molecule has 0 bridgehead atoms. The largest absolute Gasteiger partial charge is 0.393 e. The quantitative estimate of drug-likeness (QED) is 0.579. The molecule has 5 heteroatoms. The Morgan fingerprint density at radius 1 is 1.31 bits per heavy atom. The summed E-state index contributed by atoms with van der Waals surface area (Å²) in [6.07, 6.45) is 7.95. The number of aliphatic hydroxyl groups excluding tert-OH is 1. The number of hydrogen-bond acceptors (Lipinski definition) is 3. The summed E-state index contributed by atoms with van der Waals surface area (Å²) in [7, 11) is 0. The van der Waals surface area contributed by atoms with Crippen molar-refractivity contribution in [1.29, 1.82) is 5.26 Å². The van der Waals surface area contributed by atoms with Gasteiger partial charge in [-0.05, 0) is 56.2 Å². The molecule has 0 saturated carbocycles. The van der Waals surface area contributed by atoms with Crippen LogP contribution in [0.25, 0.3) is 0 Å². The number of carbonyl (C=O) groups is 1. The second-order valence-corrected chi connectivity index (χ2v) is 7.60. The molecule has 1 aromatic rings. The van der Waals surface area contributed by atoms with Crippen molar-refractivity contribution in [3.63, 3.8) is 0 Å². The molecule has 1 aliphatic heterocycles. The first-order chi connectivity index (χ1) is 12.6. The van der Waals surface area contributed by atoms with E-state index in [1.165, 1.54) is 0 Å². The summed E-state index contributed by atoms with van der Waals surface area (Å²) in [5, 5.41) is 19.6. The van der Waals surface area contributed by atoms with E-state index in [9.17, 15) is 9.90 Å². The maximum Gasteiger partial charge on any atom is 0.222 e. The van der Waals surface area contributed by atoms with Crippen molar-refractivity contribution >= 4 is 17.5 Å². The van der Waals surface area contributed by atoms with E-state index in [0.29, 0.717) is 30.7 Å². The predicted octanol–water partition coefficient (Wildman–Crippen LogP) is 4.49. The first-order valence-electron chi connectivity index (χ1n) is 9.69. The molecule has 0 spiro atoms. The Labute approximate surface area is 161 Å². The topological polar surface area (TPSA) is 64.3 Å². The number of likely N-dealkylation sites (tertiary alicyclic amines) is 1. The average Bonchev–Trinajstić information content (AvgIpc) is 2.96. The van der Waals surface area contributed by atoms with E-state index in [0.717, 1.165) is 50.6 Å².